The minimum Gasteiger partial charge on any atom is -0.393 e. The van der Waals surface area contributed by atoms with E-state index >= 15 is 0 Å². The normalized spacial score (nSPS) is 48.5. The Bertz CT molecular complexity index is 137. The van der Waals surface area contributed by atoms with E-state index in [0.29, 0.717) is 5.92 Å². The van der Waals surface area contributed by atoms with Crippen molar-refractivity contribution >= 4 is 0 Å². The highest BCUT2D eigenvalue weighted by atomic mass is 16.3. The molecule has 70 valence electrons. The summed E-state index contributed by atoms with van der Waals surface area (Å²) in [7, 11) is 0. The maximum Gasteiger partial charge on any atom is 0.0568 e. The van der Waals surface area contributed by atoms with E-state index in [1.807, 2.05) is 0 Å². The van der Waals surface area contributed by atoms with Crippen LogP contribution in [0.2, 0.25) is 0 Å². The fraction of sp³-hybridized carbons (Fsp3) is 1.00. The summed E-state index contributed by atoms with van der Waals surface area (Å²) in [6.07, 6.45) is 8.03. The molecule has 0 amide bonds. The second kappa shape index (κ2) is 3.37. The molecular formula is C11H20O. The summed E-state index contributed by atoms with van der Waals surface area (Å²) in [4.78, 5) is 0. The second-order valence-electron chi connectivity index (χ2n) is 4.82. The van der Waals surface area contributed by atoms with Crippen LogP contribution in [0.3, 0.4) is 0 Å². The van der Waals surface area contributed by atoms with Crippen LogP contribution in [0.15, 0.2) is 0 Å². The minimum atomic E-state index is 0.00403. The highest BCUT2D eigenvalue weighted by Crippen LogP contribution is 2.42. The third kappa shape index (κ3) is 1.52. The lowest BCUT2D eigenvalue weighted by Crippen LogP contribution is -2.35. The molecular weight excluding hydrogens is 148 g/mol. The van der Waals surface area contributed by atoms with Crippen LogP contribution in [0.1, 0.15) is 45.4 Å². The van der Waals surface area contributed by atoms with Gasteiger partial charge in [0.2, 0.25) is 0 Å². The molecule has 0 aromatic carbocycles. The predicted molar refractivity (Wildman–Crippen MR) is 49.9 cm³/mol. The molecule has 0 aromatic rings. The number of hydrogen-bond donors (Lipinski definition) is 1. The van der Waals surface area contributed by atoms with Gasteiger partial charge in [-0.1, -0.05) is 32.6 Å². The molecule has 4 atom stereocenters. The Hall–Kier alpha value is -0.0400. The SMILES string of the molecule is C[C@H]1C[C@H]2CCCC[C@@H]2C[C@@H]1O. The summed E-state index contributed by atoms with van der Waals surface area (Å²) in [6.45, 7) is 2.20. The average Bonchev–Trinajstić information content (AvgIpc) is 2.07. The summed E-state index contributed by atoms with van der Waals surface area (Å²) < 4.78 is 0. The first-order chi connectivity index (χ1) is 5.77. The fourth-order valence-corrected chi connectivity index (χ4v) is 3.08. The molecule has 12 heavy (non-hydrogen) atoms. The highest BCUT2D eigenvalue weighted by Gasteiger charge is 2.34. The van der Waals surface area contributed by atoms with E-state index < -0.39 is 0 Å². The van der Waals surface area contributed by atoms with Gasteiger partial charge in [0.05, 0.1) is 6.10 Å². The fourth-order valence-electron chi connectivity index (χ4n) is 3.08. The van der Waals surface area contributed by atoms with Gasteiger partial charge < -0.3 is 5.11 Å². The van der Waals surface area contributed by atoms with Crippen LogP contribution >= 0.6 is 0 Å². The van der Waals surface area contributed by atoms with Crippen molar-refractivity contribution in [3.8, 4) is 0 Å². The Morgan fingerprint density at radius 3 is 2.25 bits per heavy atom. The Balaban J connectivity index is 1.98. The third-order valence-corrected chi connectivity index (χ3v) is 3.94. The van der Waals surface area contributed by atoms with Gasteiger partial charge in [-0.05, 0) is 30.6 Å². The first kappa shape index (κ1) is 8.55. The predicted octanol–water partition coefficient (Wildman–Crippen LogP) is 2.58. The minimum absolute atomic E-state index is 0.00403. The standard InChI is InChI=1S/C11H20O/c1-8-6-9-4-2-3-5-10(9)7-11(8)12/h8-12H,2-7H2,1H3/t8-,9+,10+,11-/m0/s1. The summed E-state index contributed by atoms with van der Waals surface area (Å²) in [5.41, 5.74) is 0. The van der Waals surface area contributed by atoms with Gasteiger partial charge in [-0.2, -0.15) is 0 Å². The van der Waals surface area contributed by atoms with Crippen molar-refractivity contribution < 1.29 is 5.11 Å². The Morgan fingerprint density at radius 1 is 1.00 bits per heavy atom. The third-order valence-electron chi connectivity index (χ3n) is 3.94. The van der Waals surface area contributed by atoms with E-state index in [0.717, 1.165) is 18.3 Å². The van der Waals surface area contributed by atoms with Crippen molar-refractivity contribution in [1.29, 1.82) is 0 Å². The maximum absolute atomic E-state index is 9.72. The van der Waals surface area contributed by atoms with E-state index in [1.165, 1.54) is 32.1 Å². The Kier molecular flexibility index (Phi) is 2.40. The summed E-state index contributed by atoms with van der Waals surface area (Å²) in [6, 6.07) is 0. The molecule has 0 aliphatic heterocycles. The zero-order valence-electron chi connectivity index (χ0n) is 8.00. The molecule has 2 saturated carbocycles. The van der Waals surface area contributed by atoms with Gasteiger partial charge in [0.1, 0.15) is 0 Å². The molecule has 2 rings (SSSR count). The highest BCUT2D eigenvalue weighted by molar-refractivity contribution is 4.85. The van der Waals surface area contributed by atoms with E-state index in [1.54, 1.807) is 0 Å². The van der Waals surface area contributed by atoms with Crippen molar-refractivity contribution in [2.24, 2.45) is 17.8 Å². The van der Waals surface area contributed by atoms with Gasteiger partial charge in [-0.25, -0.2) is 0 Å². The lowest BCUT2D eigenvalue weighted by molar-refractivity contribution is 0.00710. The van der Waals surface area contributed by atoms with Crippen LogP contribution in [0.4, 0.5) is 0 Å². The maximum atomic E-state index is 9.72. The monoisotopic (exact) mass is 168 g/mol. The molecule has 0 saturated heterocycles. The van der Waals surface area contributed by atoms with Gasteiger partial charge in [-0.15, -0.1) is 0 Å². The molecule has 2 aliphatic rings. The topological polar surface area (TPSA) is 20.2 Å². The van der Waals surface area contributed by atoms with Crippen LogP contribution in [-0.4, -0.2) is 11.2 Å². The van der Waals surface area contributed by atoms with Crippen molar-refractivity contribution in [3.05, 3.63) is 0 Å². The van der Waals surface area contributed by atoms with Crippen LogP contribution in [-0.2, 0) is 0 Å². The van der Waals surface area contributed by atoms with Crippen LogP contribution in [0.5, 0.6) is 0 Å². The summed E-state index contributed by atoms with van der Waals surface area (Å²) in [5.74, 6) is 2.38. The molecule has 0 radical (unpaired) electrons. The van der Waals surface area contributed by atoms with Gasteiger partial charge in [0.15, 0.2) is 0 Å². The lowest BCUT2D eigenvalue weighted by Gasteiger charge is -2.40. The van der Waals surface area contributed by atoms with Crippen LogP contribution in [0, 0.1) is 17.8 Å². The largest absolute Gasteiger partial charge is 0.393 e. The quantitative estimate of drug-likeness (QED) is 0.589. The van der Waals surface area contributed by atoms with Gasteiger partial charge in [0.25, 0.3) is 0 Å². The number of rotatable bonds is 0. The molecule has 2 fully saturated rings. The first-order valence-corrected chi connectivity index (χ1v) is 5.45. The zero-order valence-corrected chi connectivity index (χ0v) is 8.00. The first-order valence-electron chi connectivity index (χ1n) is 5.45. The molecule has 1 heteroatoms. The van der Waals surface area contributed by atoms with E-state index in [9.17, 15) is 5.11 Å². The molecule has 0 bridgehead atoms. The number of aliphatic hydroxyl groups is 1. The van der Waals surface area contributed by atoms with Crippen molar-refractivity contribution in [1.82, 2.24) is 0 Å². The zero-order chi connectivity index (χ0) is 8.55. The van der Waals surface area contributed by atoms with Crippen molar-refractivity contribution in [3.63, 3.8) is 0 Å². The lowest BCUT2D eigenvalue weighted by atomic mass is 9.67. The molecule has 0 unspecified atom stereocenters. The number of fused-ring (bicyclic) bond motifs is 1. The summed E-state index contributed by atoms with van der Waals surface area (Å²) in [5, 5.41) is 9.72. The molecule has 0 spiro atoms. The average molecular weight is 168 g/mol. The van der Waals surface area contributed by atoms with Gasteiger partial charge >= 0.3 is 0 Å². The van der Waals surface area contributed by atoms with Gasteiger partial charge in [0, 0.05) is 0 Å². The van der Waals surface area contributed by atoms with E-state index in [-0.39, 0.29) is 6.10 Å². The van der Waals surface area contributed by atoms with E-state index in [4.69, 9.17) is 0 Å². The molecule has 1 nitrogen and oxygen atoms in total. The van der Waals surface area contributed by atoms with Gasteiger partial charge in [-0.3, -0.25) is 0 Å². The number of hydrogen-bond acceptors (Lipinski definition) is 1. The van der Waals surface area contributed by atoms with Crippen molar-refractivity contribution in [2.75, 3.05) is 0 Å². The Labute approximate surface area is 75.2 Å². The summed E-state index contributed by atoms with van der Waals surface area (Å²) >= 11 is 0. The second-order valence-corrected chi connectivity index (χ2v) is 4.82. The molecule has 0 aromatic heterocycles. The Morgan fingerprint density at radius 2 is 1.58 bits per heavy atom. The number of aliphatic hydroxyl groups excluding tert-OH is 1. The van der Waals surface area contributed by atoms with E-state index in [2.05, 4.69) is 6.92 Å². The smallest absolute Gasteiger partial charge is 0.0568 e. The molecule has 0 heterocycles. The molecule has 1 N–H and O–H groups in total. The van der Waals surface area contributed by atoms with Crippen molar-refractivity contribution in [2.45, 2.75) is 51.6 Å². The van der Waals surface area contributed by atoms with Crippen LogP contribution in [0.25, 0.3) is 0 Å². The van der Waals surface area contributed by atoms with Crippen LogP contribution < -0.4 is 0 Å². The molecule has 2 aliphatic carbocycles.